The lowest BCUT2D eigenvalue weighted by atomic mass is 9.97. The van der Waals surface area contributed by atoms with Gasteiger partial charge >= 0.3 is 0 Å². The van der Waals surface area contributed by atoms with Crippen LogP contribution in [0.3, 0.4) is 0 Å². The summed E-state index contributed by atoms with van der Waals surface area (Å²) in [7, 11) is 0. The molecule has 2 heterocycles. The zero-order valence-electron chi connectivity index (χ0n) is 13.0. The third kappa shape index (κ3) is 3.15. The number of aliphatic hydroxyl groups excluding tert-OH is 1. The van der Waals surface area contributed by atoms with Gasteiger partial charge in [-0.1, -0.05) is 35.3 Å². The molecule has 2 aromatic rings. The summed E-state index contributed by atoms with van der Waals surface area (Å²) < 4.78 is 0. The van der Waals surface area contributed by atoms with Gasteiger partial charge in [0.15, 0.2) is 5.82 Å². The number of aliphatic hydroxyl groups is 1. The first kappa shape index (κ1) is 17.2. The Kier molecular flexibility index (Phi) is 5.10. The van der Waals surface area contributed by atoms with Gasteiger partial charge in [0.25, 0.3) is 0 Å². The molecule has 0 saturated carbocycles. The van der Waals surface area contributed by atoms with Crippen molar-refractivity contribution in [2.75, 3.05) is 36.9 Å². The highest BCUT2D eigenvalue weighted by molar-refractivity contribution is 6.43. The van der Waals surface area contributed by atoms with Crippen molar-refractivity contribution >= 4 is 34.8 Å². The second-order valence-corrected chi connectivity index (χ2v) is 6.69. The first-order chi connectivity index (χ1) is 11.5. The van der Waals surface area contributed by atoms with E-state index in [1.807, 2.05) is 4.90 Å². The highest BCUT2D eigenvalue weighted by Gasteiger charge is 2.32. The lowest BCUT2D eigenvalue weighted by molar-refractivity contribution is 0.208. The summed E-state index contributed by atoms with van der Waals surface area (Å²) in [6.45, 7) is 2.05. The Balaban J connectivity index is 1.90. The number of nitrogens with two attached hydrogens (primary N) is 2. The van der Waals surface area contributed by atoms with Crippen LogP contribution in [0.1, 0.15) is 0 Å². The molecule has 0 amide bonds. The molecule has 128 valence electrons. The summed E-state index contributed by atoms with van der Waals surface area (Å²) in [6, 6.07) is 5.30. The van der Waals surface area contributed by atoms with Gasteiger partial charge < -0.3 is 21.5 Å². The summed E-state index contributed by atoms with van der Waals surface area (Å²) in [6.07, 6.45) is 1.66. The fraction of sp³-hybridized carbons (Fsp3) is 0.375. The highest BCUT2D eigenvalue weighted by Crippen LogP contribution is 2.35. The van der Waals surface area contributed by atoms with Crippen LogP contribution in [0.25, 0.3) is 11.3 Å². The van der Waals surface area contributed by atoms with E-state index in [1.54, 1.807) is 24.4 Å². The molecule has 2 unspecified atom stereocenters. The molecule has 1 aromatic carbocycles. The van der Waals surface area contributed by atoms with Gasteiger partial charge in [-0.3, -0.25) is 0 Å². The van der Waals surface area contributed by atoms with E-state index in [1.165, 1.54) is 0 Å². The Morgan fingerprint density at radius 1 is 1.25 bits per heavy atom. The van der Waals surface area contributed by atoms with Gasteiger partial charge in [0.1, 0.15) is 11.5 Å². The molecule has 24 heavy (non-hydrogen) atoms. The molecular formula is C16H19Cl2N5O. The summed E-state index contributed by atoms with van der Waals surface area (Å²) in [5.41, 5.74) is 13.0. The minimum Gasteiger partial charge on any atom is -0.396 e. The van der Waals surface area contributed by atoms with Gasteiger partial charge in [0.05, 0.1) is 16.2 Å². The quantitative estimate of drug-likeness (QED) is 0.764. The SMILES string of the molecule is NCC1CN(c2cnc(-c3cccc(Cl)c3Cl)c(N)n2)CC1CO. The number of hydrogen-bond donors (Lipinski definition) is 3. The van der Waals surface area contributed by atoms with Gasteiger partial charge in [0, 0.05) is 31.2 Å². The number of nitrogens with zero attached hydrogens (tertiary/aromatic N) is 3. The van der Waals surface area contributed by atoms with Crippen LogP contribution in [0.15, 0.2) is 24.4 Å². The third-order valence-electron chi connectivity index (χ3n) is 4.43. The molecule has 6 nitrogen and oxygen atoms in total. The standard InChI is InChI=1S/C16H19Cl2N5O/c17-12-3-1-2-11(14(12)18)15-16(20)22-13(5-21-15)23-6-9(4-19)10(7-23)8-24/h1-3,5,9-10,24H,4,6-8,19H2,(H2,20,22). The molecule has 0 spiro atoms. The van der Waals surface area contributed by atoms with E-state index in [0.29, 0.717) is 40.2 Å². The molecule has 1 aliphatic heterocycles. The predicted molar refractivity (Wildman–Crippen MR) is 97.2 cm³/mol. The maximum absolute atomic E-state index is 9.47. The number of rotatable bonds is 4. The number of aromatic nitrogens is 2. The fourth-order valence-electron chi connectivity index (χ4n) is 3.04. The highest BCUT2D eigenvalue weighted by atomic mass is 35.5. The summed E-state index contributed by atoms with van der Waals surface area (Å²) in [4.78, 5) is 10.9. The molecule has 1 aromatic heterocycles. The van der Waals surface area contributed by atoms with E-state index in [4.69, 9.17) is 34.7 Å². The molecule has 8 heteroatoms. The fourth-order valence-corrected chi connectivity index (χ4v) is 3.43. The Morgan fingerprint density at radius 2 is 2.00 bits per heavy atom. The van der Waals surface area contributed by atoms with Crippen molar-refractivity contribution in [3.63, 3.8) is 0 Å². The number of anilines is 2. The van der Waals surface area contributed by atoms with Crippen LogP contribution in [-0.2, 0) is 0 Å². The smallest absolute Gasteiger partial charge is 0.152 e. The first-order valence-electron chi connectivity index (χ1n) is 7.68. The summed E-state index contributed by atoms with van der Waals surface area (Å²) in [5, 5.41) is 10.3. The maximum Gasteiger partial charge on any atom is 0.152 e. The Labute approximate surface area is 150 Å². The van der Waals surface area contributed by atoms with Gasteiger partial charge in [-0.25, -0.2) is 9.97 Å². The van der Waals surface area contributed by atoms with E-state index >= 15 is 0 Å². The van der Waals surface area contributed by atoms with Crippen molar-refractivity contribution in [3.05, 3.63) is 34.4 Å². The van der Waals surface area contributed by atoms with Crippen molar-refractivity contribution in [2.24, 2.45) is 17.6 Å². The zero-order valence-corrected chi connectivity index (χ0v) is 14.5. The van der Waals surface area contributed by atoms with Gasteiger partial charge in [-0.15, -0.1) is 0 Å². The Bertz CT molecular complexity index is 730. The van der Waals surface area contributed by atoms with Crippen LogP contribution in [0.4, 0.5) is 11.6 Å². The number of nitrogen functional groups attached to an aromatic ring is 1. The van der Waals surface area contributed by atoms with Crippen LogP contribution in [0.5, 0.6) is 0 Å². The molecule has 3 rings (SSSR count). The van der Waals surface area contributed by atoms with Crippen LogP contribution in [0, 0.1) is 11.8 Å². The third-order valence-corrected chi connectivity index (χ3v) is 5.25. The van der Waals surface area contributed by atoms with Crippen LogP contribution >= 0.6 is 23.2 Å². The molecule has 1 fully saturated rings. The first-order valence-corrected chi connectivity index (χ1v) is 8.43. The second kappa shape index (κ2) is 7.11. The summed E-state index contributed by atoms with van der Waals surface area (Å²) >= 11 is 12.3. The molecule has 1 aliphatic rings. The number of benzene rings is 1. The van der Waals surface area contributed by atoms with Crippen LogP contribution in [0.2, 0.25) is 10.0 Å². The maximum atomic E-state index is 9.47. The number of halogens is 2. The van der Waals surface area contributed by atoms with Crippen LogP contribution < -0.4 is 16.4 Å². The van der Waals surface area contributed by atoms with Crippen molar-refractivity contribution in [1.82, 2.24) is 9.97 Å². The average molecular weight is 368 g/mol. The van der Waals surface area contributed by atoms with E-state index in [9.17, 15) is 5.11 Å². The lowest BCUT2D eigenvalue weighted by Gasteiger charge is -2.18. The van der Waals surface area contributed by atoms with Crippen LogP contribution in [-0.4, -0.2) is 41.3 Å². The van der Waals surface area contributed by atoms with E-state index < -0.39 is 0 Å². The second-order valence-electron chi connectivity index (χ2n) is 5.91. The topological polar surface area (TPSA) is 101 Å². The van der Waals surface area contributed by atoms with Gasteiger partial charge in [-0.2, -0.15) is 0 Å². The minimum absolute atomic E-state index is 0.109. The molecule has 0 aliphatic carbocycles. The lowest BCUT2D eigenvalue weighted by Crippen LogP contribution is -2.24. The predicted octanol–water partition coefficient (Wildman–Crippen LogP) is 2.04. The molecule has 1 saturated heterocycles. The Morgan fingerprint density at radius 3 is 2.62 bits per heavy atom. The summed E-state index contributed by atoms with van der Waals surface area (Å²) in [5.74, 6) is 1.33. The molecule has 0 bridgehead atoms. The molecule has 5 N–H and O–H groups in total. The number of hydrogen-bond acceptors (Lipinski definition) is 6. The molecule has 2 atom stereocenters. The van der Waals surface area contributed by atoms with Crippen molar-refractivity contribution in [1.29, 1.82) is 0 Å². The minimum atomic E-state index is 0.109. The Hall–Kier alpha value is -1.60. The van der Waals surface area contributed by atoms with E-state index in [0.717, 1.165) is 6.54 Å². The van der Waals surface area contributed by atoms with Crippen molar-refractivity contribution in [2.45, 2.75) is 0 Å². The molecule has 0 radical (unpaired) electrons. The molecular weight excluding hydrogens is 349 g/mol. The van der Waals surface area contributed by atoms with E-state index in [2.05, 4.69) is 9.97 Å². The van der Waals surface area contributed by atoms with Crippen molar-refractivity contribution in [3.8, 4) is 11.3 Å². The van der Waals surface area contributed by atoms with E-state index in [-0.39, 0.29) is 24.3 Å². The zero-order chi connectivity index (χ0) is 17.3. The van der Waals surface area contributed by atoms with Gasteiger partial charge in [-0.05, 0) is 18.5 Å². The normalized spacial score (nSPS) is 20.6. The largest absolute Gasteiger partial charge is 0.396 e. The average Bonchev–Trinajstić information content (AvgIpc) is 3.01. The monoisotopic (exact) mass is 367 g/mol. The van der Waals surface area contributed by atoms with Gasteiger partial charge in [0.2, 0.25) is 0 Å². The van der Waals surface area contributed by atoms with Crippen molar-refractivity contribution < 1.29 is 5.11 Å².